The number of carboxylic acid groups (broad SMARTS) is 1. The Morgan fingerprint density at radius 2 is 1.62 bits per heavy atom. The van der Waals surface area contributed by atoms with Crippen LogP contribution in [0.3, 0.4) is 0 Å². The highest BCUT2D eigenvalue weighted by atomic mass is 16.4. The number of carbonyl (C=O) groups excluding carboxylic acids is 1. The minimum Gasteiger partial charge on any atom is -0.478 e. The summed E-state index contributed by atoms with van der Waals surface area (Å²) in [7, 11) is 0. The zero-order valence-corrected chi connectivity index (χ0v) is 12.2. The smallest absolute Gasteiger partial charge is 0.336 e. The molecule has 0 heterocycles. The van der Waals surface area contributed by atoms with Crippen LogP contribution in [0, 0.1) is 20.8 Å². The number of carboxylic acids is 1. The predicted octanol–water partition coefficient (Wildman–Crippen LogP) is 3.56. The first-order valence-corrected chi connectivity index (χ1v) is 6.61. The lowest BCUT2D eigenvalue weighted by Crippen LogP contribution is -2.14. The number of benzene rings is 2. The highest BCUT2D eigenvalue weighted by Gasteiger charge is 2.12. The van der Waals surface area contributed by atoms with Crippen molar-refractivity contribution in [3.63, 3.8) is 0 Å². The number of aromatic carboxylic acids is 1. The van der Waals surface area contributed by atoms with Crippen LogP contribution in [-0.4, -0.2) is 17.0 Å². The molecule has 2 N–H and O–H groups in total. The number of hydrogen-bond acceptors (Lipinski definition) is 2. The van der Waals surface area contributed by atoms with Gasteiger partial charge in [0.15, 0.2) is 0 Å². The quantitative estimate of drug-likeness (QED) is 0.905. The Hall–Kier alpha value is -2.62. The van der Waals surface area contributed by atoms with Crippen molar-refractivity contribution < 1.29 is 14.7 Å². The van der Waals surface area contributed by atoms with Crippen LogP contribution in [0.5, 0.6) is 0 Å². The topological polar surface area (TPSA) is 66.4 Å². The molecular formula is C17H17NO3. The van der Waals surface area contributed by atoms with Gasteiger partial charge in [-0.25, -0.2) is 4.79 Å². The number of carbonyl (C=O) groups is 2. The lowest BCUT2D eigenvalue weighted by molar-refractivity contribution is 0.0695. The van der Waals surface area contributed by atoms with Gasteiger partial charge in [0.25, 0.3) is 5.91 Å². The largest absolute Gasteiger partial charge is 0.478 e. The summed E-state index contributed by atoms with van der Waals surface area (Å²) in [6.45, 7) is 5.56. The summed E-state index contributed by atoms with van der Waals surface area (Å²) >= 11 is 0. The Balaban J connectivity index is 2.27. The second-order valence-corrected chi connectivity index (χ2v) is 5.11. The monoisotopic (exact) mass is 283 g/mol. The molecule has 108 valence electrons. The van der Waals surface area contributed by atoms with Crippen molar-refractivity contribution in [3.8, 4) is 0 Å². The van der Waals surface area contributed by atoms with Gasteiger partial charge in [-0.15, -0.1) is 0 Å². The van der Waals surface area contributed by atoms with Crippen molar-refractivity contribution in [3.05, 3.63) is 64.2 Å². The SMILES string of the molecule is Cc1ccc(C(=O)Nc2ccc(C)c(C(=O)O)c2)c(C)c1. The Labute approximate surface area is 123 Å². The zero-order chi connectivity index (χ0) is 15.6. The van der Waals surface area contributed by atoms with E-state index in [1.807, 2.05) is 26.0 Å². The number of rotatable bonds is 3. The van der Waals surface area contributed by atoms with Crippen molar-refractivity contribution in [2.45, 2.75) is 20.8 Å². The van der Waals surface area contributed by atoms with Crippen LogP contribution >= 0.6 is 0 Å². The molecule has 0 aromatic heterocycles. The zero-order valence-electron chi connectivity index (χ0n) is 12.2. The van der Waals surface area contributed by atoms with Crippen molar-refractivity contribution >= 4 is 17.6 Å². The molecule has 0 saturated heterocycles. The van der Waals surface area contributed by atoms with E-state index < -0.39 is 5.97 Å². The van der Waals surface area contributed by atoms with E-state index in [-0.39, 0.29) is 11.5 Å². The van der Waals surface area contributed by atoms with Gasteiger partial charge in [-0.05, 0) is 50.1 Å². The van der Waals surface area contributed by atoms with E-state index in [1.54, 1.807) is 25.1 Å². The molecule has 0 unspecified atom stereocenters. The van der Waals surface area contributed by atoms with E-state index in [2.05, 4.69) is 5.32 Å². The van der Waals surface area contributed by atoms with Crippen LogP contribution in [-0.2, 0) is 0 Å². The van der Waals surface area contributed by atoms with Gasteiger partial charge in [0.1, 0.15) is 0 Å². The van der Waals surface area contributed by atoms with Crippen LogP contribution in [0.15, 0.2) is 36.4 Å². The Kier molecular flexibility index (Phi) is 4.08. The summed E-state index contributed by atoms with van der Waals surface area (Å²) in [5, 5.41) is 11.8. The molecule has 2 rings (SSSR count). The van der Waals surface area contributed by atoms with Crippen LogP contribution in [0.2, 0.25) is 0 Å². The molecule has 0 atom stereocenters. The Morgan fingerprint density at radius 1 is 0.905 bits per heavy atom. The van der Waals surface area contributed by atoms with Crippen molar-refractivity contribution in [2.24, 2.45) is 0 Å². The predicted molar refractivity (Wildman–Crippen MR) is 82.0 cm³/mol. The van der Waals surface area contributed by atoms with E-state index in [0.717, 1.165) is 11.1 Å². The molecule has 0 bridgehead atoms. The first kappa shape index (κ1) is 14.8. The summed E-state index contributed by atoms with van der Waals surface area (Å²) in [5.74, 6) is -1.25. The van der Waals surface area contributed by atoms with Gasteiger partial charge in [-0.1, -0.05) is 23.8 Å². The fourth-order valence-electron chi connectivity index (χ4n) is 2.20. The average molecular weight is 283 g/mol. The lowest BCUT2D eigenvalue weighted by atomic mass is 10.0. The second-order valence-electron chi connectivity index (χ2n) is 5.11. The third kappa shape index (κ3) is 3.28. The van der Waals surface area contributed by atoms with Crippen molar-refractivity contribution in [1.29, 1.82) is 0 Å². The first-order valence-electron chi connectivity index (χ1n) is 6.61. The van der Waals surface area contributed by atoms with Gasteiger partial charge in [-0.2, -0.15) is 0 Å². The molecule has 0 spiro atoms. The fourth-order valence-corrected chi connectivity index (χ4v) is 2.20. The molecule has 21 heavy (non-hydrogen) atoms. The van der Waals surface area contributed by atoms with E-state index in [1.165, 1.54) is 6.07 Å². The third-order valence-corrected chi connectivity index (χ3v) is 3.35. The van der Waals surface area contributed by atoms with Crippen LogP contribution in [0.4, 0.5) is 5.69 Å². The molecule has 0 fully saturated rings. The van der Waals surface area contributed by atoms with Gasteiger partial charge in [0, 0.05) is 11.3 Å². The van der Waals surface area contributed by atoms with Crippen molar-refractivity contribution in [2.75, 3.05) is 5.32 Å². The minimum atomic E-state index is -1.00. The third-order valence-electron chi connectivity index (χ3n) is 3.35. The molecule has 4 heteroatoms. The van der Waals surface area contributed by atoms with Crippen LogP contribution in [0.1, 0.15) is 37.4 Å². The fraction of sp³-hybridized carbons (Fsp3) is 0.176. The van der Waals surface area contributed by atoms with E-state index in [0.29, 0.717) is 16.8 Å². The number of amides is 1. The number of aryl methyl sites for hydroxylation is 3. The van der Waals surface area contributed by atoms with Gasteiger partial charge >= 0.3 is 5.97 Å². The van der Waals surface area contributed by atoms with Gasteiger partial charge in [0.2, 0.25) is 0 Å². The Bertz CT molecular complexity index is 720. The van der Waals surface area contributed by atoms with Crippen LogP contribution < -0.4 is 5.32 Å². The molecule has 0 aliphatic rings. The first-order chi connectivity index (χ1) is 9.88. The average Bonchev–Trinajstić information content (AvgIpc) is 2.40. The standard InChI is InChI=1S/C17H17NO3/c1-10-4-7-14(12(3)8-10)16(19)18-13-6-5-11(2)15(9-13)17(20)21/h4-9H,1-3H3,(H,18,19)(H,20,21). The van der Waals surface area contributed by atoms with Crippen LogP contribution in [0.25, 0.3) is 0 Å². The van der Waals surface area contributed by atoms with Gasteiger partial charge in [-0.3, -0.25) is 4.79 Å². The number of anilines is 1. The summed E-state index contributed by atoms with van der Waals surface area (Å²) in [5.41, 5.74) is 3.88. The Morgan fingerprint density at radius 3 is 2.24 bits per heavy atom. The molecule has 2 aromatic rings. The van der Waals surface area contributed by atoms with E-state index >= 15 is 0 Å². The van der Waals surface area contributed by atoms with E-state index in [4.69, 9.17) is 5.11 Å². The molecule has 0 radical (unpaired) electrons. The molecule has 0 aliphatic heterocycles. The minimum absolute atomic E-state index is 0.188. The van der Waals surface area contributed by atoms with E-state index in [9.17, 15) is 9.59 Å². The maximum Gasteiger partial charge on any atom is 0.336 e. The van der Waals surface area contributed by atoms with Gasteiger partial charge in [0.05, 0.1) is 5.56 Å². The molecular weight excluding hydrogens is 266 g/mol. The molecule has 2 aromatic carbocycles. The summed E-state index contributed by atoms with van der Waals surface area (Å²) in [6, 6.07) is 10.4. The maximum absolute atomic E-state index is 12.3. The highest BCUT2D eigenvalue weighted by molar-refractivity contribution is 6.05. The summed E-state index contributed by atoms with van der Waals surface area (Å²) in [4.78, 5) is 23.4. The van der Waals surface area contributed by atoms with Crippen molar-refractivity contribution in [1.82, 2.24) is 0 Å². The second kappa shape index (κ2) is 5.79. The number of hydrogen-bond donors (Lipinski definition) is 2. The van der Waals surface area contributed by atoms with Gasteiger partial charge < -0.3 is 10.4 Å². The summed E-state index contributed by atoms with van der Waals surface area (Å²) in [6.07, 6.45) is 0. The molecule has 0 saturated carbocycles. The maximum atomic E-state index is 12.3. The normalized spacial score (nSPS) is 10.2. The highest BCUT2D eigenvalue weighted by Crippen LogP contribution is 2.18. The summed E-state index contributed by atoms with van der Waals surface area (Å²) < 4.78 is 0. The molecule has 4 nitrogen and oxygen atoms in total. The molecule has 1 amide bonds. The molecule has 0 aliphatic carbocycles. The number of nitrogens with one attached hydrogen (secondary N) is 1. The lowest BCUT2D eigenvalue weighted by Gasteiger charge is -2.10.